The van der Waals surface area contributed by atoms with Crippen molar-refractivity contribution in [3.05, 3.63) is 42.1 Å². The molecule has 1 aromatic carbocycles. The van der Waals surface area contributed by atoms with E-state index in [9.17, 15) is 9.59 Å². The van der Waals surface area contributed by atoms with Gasteiger partial charge in [-0.1, -0.05) is 24.3 Å². The van der Waals surface area contributed by atoms with E-state index in [1.807, 2.05) is 36.4 Å². The van der Waals surface area contributed by atoms with E-state index >= 15 is 0 Å². The number of primary amides is 1. The molecule has 3 N–H and O–H groups in total. The van der Waals surface area contributed by atoms with Crippen LogP contribution in [-0.2, 0) is 16.0 Å². The Morgan fingerprint density at radius 3 is 2.70 bits per heavy atom. The number of hydrogen-bond acceptors (Lipinski definition) is 3. The van der Waals surface area contributed by atoms with Gasteiger partial charge in [-0.15, -0.1) is 0 Å². The van der Waals surface area contributed by atoms with Crippen molar-refractivity contribution in [2.45, 2.75) is 19.3 Å². The Labute approximate surface area is 117 Å². The lowest BCUT2D eigenvalue weighted by Gasteiger charge is -2.04. The summed E-state index contributed by atoms with van der Waals surface area (Å²) >= 11 is 0. The molecule has 0 bridgehead atoms. The summed E-state index contributed by atoms with van der Waals surface area (Å²) in [5.41, 5.74) is 6.81. The Kier molecular flexibility index (Phi) is 4.65. The highest BCUT2D eigenvalue weighted by molar-refractivity contribution is 5.79. The Morgan fingerprint density at radius 1 is 1.10 bits per heavy atom. The largest absolute Gasteiger partial charge is 0.370 e. The monoisotopic (exact) mass is 271 g/mol. The summed E-state index contributed by atoms with van der Waals surface area (Å²) in [6, 6.07) is 11.8. The van der Waals surface area contributed by atoms with Crippen molar-refractivity contribution in [3.63, 3.8) is 0 Å². The van der Waals surface area contributed by atoms with Crippen LogP contribution < -0.4 is 11.1 Å². The van der Waals surface area contributed by atoms with Gasteiger partial charge in [-0.3, -0.25) is 14.6 Å². The number of nitrogens with one attached hydrogen (secondary N) is 1. The molecule has 0 unspecified atom stereocenters. The molecule has 0 fully saturated rings. The molecule has 1 heterocycles. The van der Waals surface area contributed by atoms with Gasteiger partial charge in [0.1, 0.15) is 0 Å². The Bertz CT molecular complexity index is 625. The maximum Gasteiger partial charge on any atom is 0.220 e. The van der Waals surface area contributed by atoms with Crippen LogP contribution >= 0.6 is 0 Å². The van der Waals surface area contributed by atoms with Crippen LogP contribution in [0, 0.1) is 0 Å². The van der Waals surface area contributed by atoms with Crippen molar-refractivity contribution in [1.29, 1.82) is 0 Å². The van der Waals surface area contributed by atoms with Crippen LogP contribution in [0.2, 0.25) is 0 Å². The molecule has 0 spiro atoms. The van der Waals surface area contributed by atoms with Crippen molar-refractivity contribution >= 4 is 22.7 Å². The number of benzene rings is 1. The van der Waals surface area contributed by atoms with E-state index in [0.717, 1.165) is 16.6 Å². The third-order valence-electron chi connectivity index (χ3n) is 2.96. The molecule has 1 aromatic heterocycles. The minimum atomic E-state index is -0.415. The van der Waals surface area contributed by atoms with E-state index in [4.69, 9.17) is 5.73 Å². The Hall–Kier alpha value is -2.43. The van der Waals surface area contributed by atoms with Gasteiger partial charge in [0.05, 0.1) is 5.52 Å². The molecule has 5 nitrogen and oxygen atoms in total. The summed E-state index contributed by atoms with van der Waals surface area (Å²) in [5, 5.41) is 3.74. The van der Waals surface area contributed by atoms with Crippen molar-refractivity contribution in [2.75, 3.05) is 6.54 Å². The summed E-state index contributed by atoms with van der Waals surface area (Å²) in [5.74, 6) is -0.511. The van der Waals surface area contributed by atoms with Crippen LogP contribution in [0.1, 0.15) is 18.5 Å². The number of carbonyl (C=O) groups excluding carboxylic acids is 2. The summed E-state index contributed by atoms with van der Waals surface area (Å²) in [7, 11) is 0. The quantitative estimate of drug-likeness (QED) is 0.826. The van der Waals surface area contributed by atoms with Gasteiger partial charge in [0, 0.05) is 30.5 Å². The lowest BCUT2D eigenvalue weighted by atomic mass is 10.1. The average Bonchev–Trinajstić information content (AvgIpc) is 2.44. The molecule has 0 aliphatic carbocycles. The van der Waals surface area contributed by atoms with Crippen LogP contribution in [0.3, 0.4) is 0 Å². The van der Waals surface area contributed by atoms with Gasteiger partial charge in [0.15, 0.2) is 0 Å². The standard InChI is InChI=1S/C15H17N3O2/c16-14(19)9-10-17-15(20)8-7-12-6-5-11-3-1-2-4-13(11)18-12/h1-6H,7-10H2,(H2,16,19)(H,17,20). The van der Waals surface area contributed by atoms with Gasteiger partial charge in [0.25, 0.3) is 0 Å². The fourth-order valence-electron chi connectivity index (χ4n) is 1.90. The summed E-state index contributed by atoms with van der Waals surface area (Å²) < 4.78 is 0. The number of carbonyl (C=O) groups is 2. The maximum absolute atomic E-state index is 11.6. The number of pyridine rings is 1. The second-order valence-corrected chi connectivity index (χ2v) is 4.56. The second-order valence-electron chi connectivity index (χ2n) is 4.56. The number of amides is 2. The molecule has 0 saturated heterocycles. The van der Waals surface area contributed by atoms with Crippen LogP contribution in [-0.4, -0.2) is 23.3 Å². The molecular weight excluding hydrogens is 254 g/mol. The molecule has 0 aliphatic heterocycles. The number of para-hydroxylation sites is 1. The predicted octanol–water partition coefficient (Wildman–Crippen LogP) is 1.16. The SMILES string of the molecule is NC(=O)CCNC(=O)CCc1ccc2ccccc2n1. The Balaban J connectivity index is 1.86. The minimum absolute atomic E-state index is 0.0961. The van der Waals surface area contributed by atoms with E-state index in [2.05, 4.69) is 10.3 Å². The van der Waals surface area contributed by atoms with Crippen molar-refractivity contribution in [1.82, 2.24) is 10.3 Å². The first-order valence-electron chi connectivity index (χ1n) is 6.55. The fourth-order valence-corrected chi connectivity index (χ4v) is 1.90. The first kappa shape index (κ1) is 14.0. The molecular formula is C15H17N3O2. The molecule has 2 rings (SSSR count). The summed E-state index contributed by atoms with van der Waals surface area (Å²) in [6.45, 7) is 0.291. The number of hydrogen-bond donors (Lipinski definition) is 2. The average molecular weight is 271 g/mol. The fraction of sp³-hybridized carbons (Fsp3) is 0.267. The highest BCUT2D eigenvalue weighted by atomic mass is 16.2. The number of aromatic nitrogens is 1. The van der Waals surface area contributed by atoms with E-state index in [1.54, 1.807) is 0 Å². The number of fused-ring (bicyclic) bond motifs is 1. The lowest BCUT2D eigenvalue weighted by Crippen LogP contribution is -2.28. The topological polar surface area (TPSA) is 85.1 Å². The zero-order valence-electron chi connectivity index (χ0n) is 11.1. The minimum Gasteiger partial charge on any atom is -0.370 e. The molecule has 2 aromatic rings. The first-order valence-corrected chi connectivity index (χ1v) is 6.55. The van der Waals surface area contributed by atoms with Gasteiger partial charge in [-0.25, -0.2) is 0 Å². The van der Waals surface area contributed by atoms with Crippen LogP contribution in [0.5, 0.6) is 0 Å². The zero-order chi connectivity index (χ0) is 14.4. The van der Waals surface area contributed by atoms with Gasteiger partial charge in [-0.2, -0.15) is 0 Å². The molecule has 0 radical (unpaired) electrons. The maximum atomic E-state index is 11.6. The smallest absolute Gasteiger partial charge is 0.220 e. The third-order valence-corrected chi connectivity index (χ3v) is 2.96. The molecule has 0 aliphatic rings. The first-order chi connectivity index (χ1) is 9.65. The van der Waals surface area contributed by atoms with Crippen molar-refractivity contribution < 1.29 is 9.59 Å². The number of nitrogens with two attached hydrogens (primary N) is 1. The molecule has 20 heavy (non-hydrogen) atoms. The summed E-state index contributed by atoms with van der Waals surface area (Å²) in [4.78, 5) is 26.6. The van der Waals surface area contributed by atoms with Crippen LogP contribution in [0.15, 0.2) is 36.4 Å². The molecule has 0 saturated carbocycles. The van der Waals surface area contributed by atoms with E-state index < -0.39 is 5.91 Å². The van der Waals surface area contributed by atoms with Gasteiger partial charge in [0.2, 0.25) is 11.8 Å². The van der Waals surface area contributed by atoms with E-state index in [1.165, 1.54) is 0 Å². The third kappa shape index (κ3) is 4.05. The Morgan fingerprint density at radius 2 is 1.90 bits per heavy atom. The molecule has 0 atom stereocenters. The van der Waals surface area contributed by atoms with E-state index in [-0.39, 0.29) is 12.3 Å². The molecule has 2 amide bonds. The van der Waals surface area contributed by atoms with Crippen molar-refractivity contribution in [2.24, 2.45) is 5.73 Å². The van der Waals surface area contributed by atoms with E-state index in [0.29, 0.717) is 19.4 Å². The second kappa shape index (κ2) is 6.65. The lowest BCUT2D eigenvalue weighted by molar-refractivity contribution is -0.121. The van der Waals surface area contributed by atoms with Gasteiger partial charge < -0.3 is 11.1 Å². The van der Waals surface area contributed by atoms with Crippen molar-refractivity contribution in [3.8, 4) is 0 Å². The van der Waals surface area contributed by atoms with Gasteiger partial charge >= 0.3 is 0 Å². The number of rotatable bonds is 6. The highest BCUT2D eigenvalue weighted by Gasteiger charge is 2.04. The molecule has 5 heteroatoms. The highest BCUT2D eigenvalue weighted by Crippen LogP contribution is 2.12. The van der Waals surface area contributed by atoms with Crippen LogP contribution in [0.4, 0.5) is 0 Å². The van der Waals surface area contributed by atoms with Crippen LogP contribution in [0.25, 0.3) is 10.9 Å². The number of nitrogens with zero attached hydrogens (tertiary/aromatic N) is 1. The number of aryl methyl sites for hydroxylation is 1. The van der Waals surface area contributed by atoms with Gasteiger partial charge in [-0.05, 0) is 18.6 Å². The molecule has 104 valence electrons. The zero-order valence-corrected chi connectivity index (χ0v) is 11.1. The normalized spacial score (nSPS) is 10.4. The predicted molar refractivity (Wildman–Crippen MR) is 76.9 cm³/mol. The summed E-state index contributed by atoms with van der Waals surface area (Å²) in [6.07, 6.45) is 1.09.